The lowest BCUT2D eigenvalue weighted by Gasteiger charge is -2.16. The van der Waals surface area contributed by atoms with Crippen molar-refractivity contribution in [1.82, 2.24) is 0 Å². The van der Waals surface area contributed by atoms with Crippen LogP contribution < -0.4 is 0 Å². The maximum Gasteiger partial charge on any atom is 0.296 e. The fraction of sp³-hybridized carbons (Fsp3) is 0.500. The highest BCUT2D eigenvalue weighted by molar-refractivity contribution is 7.86. The van der Waals surface area contributed by atoms with Crippen LogP contribution in [0.3, 0.4) is 0 Å². The molecule has 1 aromatic rings. The van der Waals surface area contributed by atoms with Crippen LogP contribution in [0.4, 0.5) is 0 Å². The molecule has 2 rings (SSSR count). The van der Waals surface area contributed by atoms with Crippen LogP contribution in [0.15, 0.2) is 53.5 Å². The topological polar surface area (TPSA) is 61.8 Å². The first-order valence-electron chi connectivity index (χ1n) is 8.86. The van der Waals surface area contributed by atoms with Crippen molar-refractivity contribution in [2.75, 3.05) is 13.2 Å². The standard InChI is InChI=1S/C20H28O5S/c1-17-11-13-19(14-12-17)26(21,22)24-15-9-7-5-4-6-8-10-18-16-23-20(2,3)25-18/h5-8,11-14,18H,4,9-10,15-16H2,1-3H3/b7-5-,8-6-. The van der Waals surface area contributed by atoms with Crippen LogP contribution in [-0.4, -0.2) is 33.5 Å². The summed E-state index contributed by atoms with van der Waals surface area (Å²) in [6.07, 6.45) is 10.4. The van der Waals surface area contributed by atoms with Gasteiger partial charge >= 0.3 is 0 Å². The fourth-order valence-corrected chi connectivity index (χ4v) is 3.44. The molecule has 0 aromatic heterocycles. The predicted octanol–water partition coefficient (Wildman–Crippen LogP) is 4.13. The molecule has 0 spiro atoms. The summed E-state index contributed by atoms with van der Waals surface area (Å²) in [4.78, 5) is 0.191. The van der Waals surface area contributed by atoms with E-state index in [2.05, 4.69) is 12.2 Å². The van der Waals surface area contributed by atoms with Gasteiger partial charge in [0, 0.05) is 0 Å². The molecule has 0 bridgehead atoms. The summed E-state index contributed by atoms with van der Waals surface area (Å²) in [7, 11) is -3.67. The number of benzene rings is 1. The van der Waals surface area contributed by atoms with Crippen molar-refractivity contribution in [3.05, 3.63) is 54.1 Å². The molecule has 1 fully saturated rings. The van der Waals surface area contributed by atoms with Gasteiger partial charge in [-0.25, -0.2) is 0 Å². The van der Waals surface area contributed by atoms with Gasteiger partial charge in [0.05, 0.1) is 24.2 Å². The highest BCUT2D eigenvalue weighted by atomic mass is 32.2. The maximum absolute atomic E-state index is 12.0. The summed E-state index contributed by atoms with van der Waals surface area (Å²) < 4.78 is 40.3. The predicted molar refractivity (Wildman–Crippen MR) is 101 cm³/mol. The molecule has 6 heteroatoms. The molecule has 1 aromatic carbocycles. The molecule has 5 nitrogen and oxygen atoms in total. The first-order chi connectivity index (χ1) is 12.3. The van der Waals surface area contributed by atoms with Gasteiger partial charge in [-0.3, -0.25) is 4.18 Å². The second-order valence-electron chi connectivity index (χ2n) is 6.74. The number of ether oxygens (including phenoxy) is 2. The van der Waals surface area contributed by atoms with Gasteiger partial charge in [0.25, 0.3) is 10.1 Å². The van der Waals surface area contributed by atoms with Crippen LogP contribution in [0.5, 0.6) is 0 Å². The highest BCUT2D eigenvalue weighted by Crippen LogP contribution is 2.24. The average molecular weight is 381 g/mol. The van der Waals surface area contributed by atoms with Crippen molar-refractivity contribution < 1.29 is 22.1 Å². The molecule has 1 aliphatic heterocycles. The minimum Gasteiger partial charge on any atom is -0.348 e. The summed E-state index contributed by atoms with van der Waals surface area (Å²) in [5, 5.41) is 0. The van der Waals surface area contributed by atoms with Crippen LogP contribution in [0.1, 0.15) is 38.7 Å². The van der Waals surface area contributed by atoms with E-state index in [1.165, 1.54) is 0 Å². The molecule has 1 unspecified atom stereocenters. The third kappa shape index (κ3) is 7.03. The van der Waals surface area contributed by atoms with E-state index >= 15 is 0 Å². The first-order valence-corrected chi connectivity index (χ1v) is 10.3. The normalized spacial score (nSPS) is 20.3. The van der Waals surface area contributed by atoms with Crippen LogP contribution in [-0.2, 0) is 23.8 Å². The van der Waals surface area contributed by atoms with E-state index in [9.17, 15) is 8.42 Å². The van der Waals surface area contributed by atoms with Crippen molar-refractivity contribution in [3.8, 4) is 0 Å². The van der Waals surface area contributed by atoms with Crippen molar-refractivity contribution in [1.29, 1.82) is 0 Å². The van der Waals surface area contributed by atoms with Gasteiger partial charge in [-0.2, -0.15) is 8.42 Å². The Morgan fingerprint density at radius 2 is 1.85 bits per heavy atom. The van der Waals surface area contributed by atoms with Crippen molar-refractivity contribution in [3.63, 3.8) is 0 Å². The van der Waals surface area contributed by atoms with E-state index in [1.54, 1.807) is 24.3 Å². The first kappa shape index (κ1) is 20.8. The van der Waals surface area contributed by atoms with E-state index < -0.39 is 15.9 Å². The van der Waals surface area contributed by atoms with Crippen molar-refractivity contribution >= 4 is 10.1 Å². The number of allylic oxidation sites excluding steroid dienone is 2. The lowest BCUT2D eigenvalue weighted by Crippen LogP contribution is -2.21. The van der Waals surface area contributed by atoms with Crippen LogP contribution in [0.25, 0.3) is 0 Å². The molecular formula is C20H28O5S. The van der Waals surface area contributed by atoms with Crippen molar-refractivity contribution in [2.24, 2.45) is 0 Å². The fourth-order valence-electron chi connectivity index (χ4n) is 2.51. The molecule has 1 atom stereocenters. The summed E-state index contributed by atoms with van der Waals surface area (Å²) in [6, 6.07) is 6.63. The molecular weight excluding hydrogens is 352 g/mol. The lowest BCUT2D eigenvalue weighted by atomic mass is 10.2. The second kappa shape index (κ2) is 9.46. The monoisotopic (exact) mass is 380 g/mol. The summed E-state index contributed by atoms with van der Waals surface area (Å²) >= 11 is 0. The Labute approximate surface area is 156 Å². The smallest absolute Gasteiger partial charge is 0.296 e. The quantitative estimate of drug-likeness (QED) is 0.366. The molecule has 0 saturated carbocycles. The van der Waals surface area contributed by atoms with Gasteiger partial charge in [-0.1, -0.05) is 42.0 Å². The Bertz CT molecular complexity index is 717. The average Bonchev–Trinajstić information content (AvgIpc) is 2.92. The van der Waals surface area contributed by atoms with Crippen molar-refractivity contribution in [2.45, 2.75) is 56.8 Å². The SMILES string of the molecule is Cc1ccc(S(=O)(=O)OCC/C=C\C/C=C\CC2COC(C)(C)O2)cc1. The van der Waals surface area contributed by atoms with E-state index in [4.69, 9.17) is 13.7 Å². The van der Waals surface area contributed by atoms with Gasteiger partial charge in [-0.05, 0) is 52.2 Å². The molecule has 26 heavy (non-hydrogen) atoms. The van der Waals surface area contributed by atoms with E-state index in [0.717, 1.165) is 18.4 Å². The van der Waals surface area contributed by atoms with Gasteiger partial charge in [0.1, 0.15) is 0 Å². The third-order valence-electron chi connectivity index (χ3n) is 3.90. The van der Waals surface area contributed by atoms with Gasteiger partial charge in [-0.15, -0.1) is 0 Å². The van der Waals surface area contributed by atoms with Crippen LogP contribution in [0.2, 0.25) is 0 Å². The van der Waals surface area contributed by atoms with Gasteiger partial charge < -0.3 is 9.47 Å². The van der Waals surface area contributed by atoms with E-state index in [-0.39, 0.29) is 17.6 Å². The minimum atomic E-state index is -3.67. The second-order valence-corrected chi connectivity index (χ2v) is 8.36. The molecule has 0 amide bonds. The van der Waals surface area contributed by atoms with E-state index in [1.807, 2.05) is 32.9 Å². The Morgan fingerprint density at radius 3 is 2.50 bits per heavy atom. The molecule has 144 valence electrons. The number of hydrogen-bond donors (Lipinski definition) is 0. The number of rotatable bonds is 9. The molecule has 0 radical (unpaired) electrons. The Balaban J connectivity index is 1.61. The zero-order valence-corrected chi connectivity index (χ0v) is 16.5. The maximum atomic E-state index is 12.0. The Hall–Kier alpha value is -1.47. The van der Waals surface area contributed by atoms with E-state index in [0.29, 0.717) is 13.0 Å². The molecule has 1 saturated heterocycles. The number of hydrogen-bond acceptors (Lipinski definition) is 5. The Morgan fingerprint density at radius 1 is 1.15 bits per heavy atom. The zero-order chi connectivity index (χ0) is 19.0. The third-order valence-corrected chi connectivity index (χ3v) is 5.23. The van der Waals surface area contributed by atoms with Gasteiger partial charge in [0.2, 0.25) is 0 Å². The van der Waals surface area contributed by atoms with Crippen LogP contribution in [0, 0.1) is 6.92 Å². The van der Waals surface area contributed by atoms with Crippen LogP contribution >= 0.6 is 0 Å². The zero-order valence-electron chi connectivity index (χ0n) is 15.7. The summed E-state index contributed by atoms with van der Waals surface area (Å²) in [5.74, 6) is -0.475. The minimum absolute atomic E-state index is 0.116. The molecule has 0 aliphatic carbocycles. The number of aryl methyl sites for hydroxylation is 1. The molecule has 0 N–H and O–H groups in total. The Kier molecular flexibility index (Phi) is 7.58. The highest BCUT2D eigenvalue weighted by Gasteiger charge is 2.31. The summed E-state index contributed by atoms with van der Waals surface area (Å²) in [6.45, 7) is 6.51. The van der Waals surface area contributed by atoms with Gasteiger partial charge in [0.15, 0.2) is 5.79 Å². The summed E-state index contributed by atoms with van der Waals surface area (Å²) in [5.41, 5.74) is 1.01. The molecule has 1 heterocycles. The lowest BCUT2D eigenvalue weighted by molar-refractivity contribution is -0.137. The molecule has 1 aliphatic rings. The largest absolute Gasteiger partial charge is 0.348 e.